The molecule has 0 spiro atoms. The van der Waals surface area contributed by atoms with Crippen LogP contribution in [0.15, 0.2) is 30.4 Å². The maximum absolute atomic E-state index is 11.9. The van der Waals surface area contributed by atoms with Gasteiger partial charge in [-0.1, -0.05) is 77.8 Å². The predicted molar refractivity (Wildman–Crippen MR) is 264 cm³/mol. The van der Waals surface area contributed by atoms with Crippen molar-refractivity contribution in [3.63, 3.8) is 0 Å². The van der Waals surface area contributed by atoms with Gasteiger partial charge in [-0.25, -0.2) is 0 Å². The van der Waals surface area contributed by atoms with Gasteiger partial charge in [-0.05, 0) is 101 Å². The first-order chi connectivity index (χ1) is 31.3. The van der Waals surface area contributed by atoms with Gasteiger partial charge in [0.25, 0.3) is 0 Å². The molecule has 0 aliphatic rings. The molecule has 12 N–H and O–H groups in total. The lowest BCUT2D eigenvalue weighted by atomic mass is 9.92. The fourth-order valence-electron chi connectivity index (χ4n) is 5.30. The molecule has 23 heteroatoms. The minimum absolute atomic E-state index is 0.00922. The van der Waals surface area contributed by atoms with Crippen molar-refractivity contribution in [1.29, 1.82) is 0 Å². The number of hydrogen-bond donors (Lipinski definition) is 9. The minimum atomic E-state index is -0.481. The summed E-state index contributed by atoms with van der Waals surface area (Å²) in [5, 5.41) is 20.4. The van der Waals surface area contributed by atoms with E-state index in [1.54, 1.807) is 6.92 Å². The molecule has 0 aliphatic carbocycles. The summed E-state index contributed by atoms with van der Waals surface area (Å²) < 4.78 is 0. The molecule has 0 fully saturated rings. The van der Waals surface area contributed by atoms with Gasteiger partial charge in [0, 0.05) is 67.9 Å². The lowest BCUT2D eigenvalue weighted by Crippen LogP contribution is -2.33. The van der Waals surface area contributed by atoms with E-state index in [2.05, 4.69) is 92.7 Å². The molecule has 0 rings (SSSR count). The SMILES string of the molecule is C=CC(=O)NCCCCCNC(=O)CBr.C=CC(N)=O.CCC(CC(C)C(=O)NCCCCCNC(=O)CBr)C(N)=O.CCC(CC(C)C(=O)NCCCCCNC(=O)CN=[N+]=[N-])C(N)=O. The molecule has 9 amide bonds. The number of nitrogens with two attached hydrogens (primary N) is 3. The van der Waals surface area contributed by atoms with Crippen molar-refractivity contribution >= 4 is 85.0 Å². The summed E-state index contributed by atoms with van der Waals surface area (Å²) in [5.41, 5.74) is 23.2. The van der Waals surface area contributed by atoms with Crippen LogP contribution in [-0.2, 0) is 43.2 Å². The zero-order valence-electron chi connectivity index (χ0n) is 39.4. The molecule has 21 nitrogen and oxygen atoms in total. The number of halogens is 2. The Morgan fingerprint density at radius 1 is 0.561 bits per heavy atom. The second-order valence-electron chi connectivity index (χ2n) is 14.9. The van der Waals surface area contributed by atoms with E-state index < -0.39 is 5.91 Å². The van der Waals surface area contributed by atoms with Crippen LogP contribution in [0.3, 0.4) is 0 Å². The van der Waals surface area contributed by atoms with Gasteiger partial charge in [0.2, 0.25) is 53.2 Å². The van der Waals surface area contributed by atoms with Crippen molar-refractivity contribution in [2.24, 2.45) is 46.0 Å². The third-order valence-corrected chi connectivity index (χ3v) is 10.3. The monoisotopic (exact) mass is 1060 g/mol. The Morgan fingerprint density at radius 2 is 0.879 bits per heavy atom. The maximum Gasteiger partial charge on any atom is 0.243 e. The van der Waals surface area contributed by atoms with Crippen molar-refractivity contribution in [3.05, 3.63) is 35.8 Å². The molecule has 0 aliphatic heterocycles. The van der Waals surface area contributed by atoms with Crippen molar-refractivity contribution in [3.8, 4) is 0 Å². The average Bonchev–Trinajstić information content (AvgIpc) is 3.30. The van der Waals surface area contributed by atoms with Crippen molar-refractivity contribution in [2.45, 2.75) is 111 Å². The van der Waals surface area contributed by atoms with Gasteiger partial charge in [0.05, 0.1) is 10.7 Å². The van der Waals surface area contributed by atoms with E-state index in [9.17, 15) is 43.2 Å². The van der Waals surface area contributed by atoms with E-state index in [0.29, 0.717) is 75.6 Å². The van der Waals surface area contributed by atoms with Gasteiger partial charge in [0.1, 0.15) is 6.54 Å². The number of carbonyl (C=O) groups excluding carboxylic acids is 9. The number of alkyl halides is 2. The fourth-order valence-corrected chi connectivity index (χ4v) is 5.70. The number of nitrogens with one attached hydrogen (secondary N) is 6. The standard InChI is InChI=1S/C15H28BrN3O3.C15H28N6O3.C10H17BrN2O2.C3H5NO/c1-3-12(14(17)21)9-11(2)15(22)19-8-6-4-5-7-18-13(20)10-16;1-3-12(14(16)23)9-11(2)15(24)19-8-6-4-5-7-18-13(22)10-20-21-17;1-2-9(14)12-6-4-3-5-7-13-10(15)8-11;1-2-3(4)5/h11-12H,3-10H2,1-2H3,(H2,17,21)(H,18,20)(H,19,22);11-12H,3-10H2,1-2H3,(H2,16,23)(H,18,22)(H,19,24);2H,1,3-8H2,(H,12,14)(H,13,15);2H,1H2,(H2,4,5). The highest BCUT2D eigenvalue weighted by Gasteiger charge is 2.22. The normalized spacial score (nSPS) is 11.6. The summed E-state index contributed by atoms with van der Waals surface area (Å²) in [7, 11) is 0. The second-order valence-corrected chi connectivity index (χ2v) is 16.0. The number of primary amides is 3. The number of carbonyl (C=O) groups is 9. The van der Waals surface area contributed by atoms with Gasteiger partial charge < -0.3 is 49.1 Å². The first-order valence-corrected chi connectivity index (χ1v) is 24.4. The van der Waals surface area contributed by atoms with Gasteiger partial charge in [-0.3, -0.25) is 43.2 Å². The van der Waals surface area contributed by atoms with Crippen molar-refractivity contribution < 1.29 is 43.2 Å². The Kier molecular flexibility index (Phi) is 49.1. The van der Waals surface area contributed by atoms with E-state index in [-0.39, 0.29) is 77.5 Å². The Balaban J connectivity index is -0.000000423. The molecule has 0 bridgehead atoms. The quantitative estimate of drug-likeness (QED) is 0.0114. The summed E-state index contributed by atoms with van der Waals surface area (Å²) in [6.45, 7) is 17.3. The summed E-state index contributed by atoms with van der Waals surface area (Å²) in [5.74, 6) is -2.69. The van der Waals surface area contributed by atoms with Crippen LogP contribution in [0.4, 0.5) is 0 Å². The van der Waals surface area contributed by atoms with Crippen LogP contribution in [0, 0.1) is 23.7 Å². The number of rotatable bonds is 34. The van der Waals surface area contributed by atoms with Gasteiger partial charge in [0.15, 0.2) is 0 Å². The molecule has 0 aromatic heterocycles. The van der Waals surface area contributed by atoms with Crippen molar-refractivity contribution in [1.82, 2.24) is 31.9 Å². The zero-order valence-corrected chi connectivity index (χ0v) is 42.6. The first kappa shape index (κ1) is 67.6. The molecule has 66 heavy (non-hydrogen) atoms. The first-order valence-electron chi connectivity index (χ1n) is 22.2. The molecule has 4 atom stereocenters. The van der Waals surface area contributed by atoms with Crippen LogP contribution in [-0.4, -0.2) is 110 Å². The highest BCUT2D eigenvalue weighted by Crippen LogP contribution is 2.16. The third-order valence-electron chi connectivity index (χ3n) is 9.29. The topological polar surface area (TPSA) is 353 Å². The van der Waals surface area contributed by atoms with E-state index in [0.717, 1.165) is 63.9 Å². The largest absolute Gasteiger partial charge is 0.369 e. The summed E-state index contributed by atoms with van der Waals surface area (Å²) in [6.07, 6.45) is 12.6. The van der Waals surface area contributed by atoms with Gasteiger partial charge in [-0.15, -0.1) is 0 Å². The van der Waals surface area contributed by atoms with Gasteiger partial charge in [-0.2, -0.15) is 0 Å². The predicted octanol–water partition coefficient (Wildman–Crippen LogP) is 3.19. The Bertz CT molecular complexity index is 1500. The van der Waals surface area contributed by atoms with Crippen LogP contribution in [0.25, 0.3) is 10.4 Å². The molecule has 0 saturated heterocycles. The molecule has 4 unspecified atom stereocenters. The highest BCUT2D eigenvalue weighted by atomic mass is 79.9. The van der Waals surface area contributed by atoms with E-state index in [1.165, 1.54) is 6.08 Å². The van der Waals surface area contributed by atoms with Crippen LogP contribution < -0.4 is 49.1 Å². The molecule has 0 radical (unpaired) electrons. The fraction of sp³-hybridized carbons (Fsp3) is 0.698. The molecule has 378 valence electrons. The molecule has 0 aromatic rings. The number of azide groups is 1. The number of nitrogens with zero attached hydrogens (tertiary/aromatic N) is 3. The maximum atomic E-state index is 11.9. The van der Waals surface area contributed by atoms with E-state index in [1.807, 2.05) is 20.8 Å². The lowest BCUT2D eigenvalue weighted by Gasteiger charge is -2.16. The van der Waals surface area contributed by atoms with E-state index >= 15 is 0 Å². The highest BCUT2D eigenvalue weighted by molar-refractivity contribution is 9.09. The Hall–Kier alpha value is -5.02. The summed E-state index contributed by atoms with van der Waals surface area (Å²) in [4.78, 5) is 102. The molecule has 0 heterocycles. The third kappa shape index (κ3) is 47.0. The summed E-state index contributed by atoms with van der Waals surface area (Å²) >= 11 is 6.14. The van der Waals surface area contributed by atoms with Crippen LogP contribution in [0.1, 0.15) is 111 Å². The smallest absolute Gasteiger partial charge is 0.243 e. The zero-order chi connectivity index (χ0) is 51.1. The summed E-state index contributed by atoms with van der Waals surface area (Å²) in [6, 6.07) is 0. The van der Waals surface area contributed by atoms with Crippen LogP contribution >= 0.6 is 31.9 Å². The molecule has 0 saturated carbocycles. The lowest BCUT2D eigenvalue weighted by molar-refractivity contribution is -0.128. The minimum Gasteiger partial charge on any atom is -0.369 e. The number of amides is 9. The Morgan fingerprint density at radius 3 is 1.15 bits per heavy atom. The Labute approximate surface area is 407 Å². The molecule has 0 aromatic carbocycles. The van der Waals surface area contributed by atoms with Crippen LogP contribution in [0.5, 0.6) is 0 Å². The average molecular weight is 1070 g/mol. The number of unbranched alkanes of at least 4 members (excludes halogenated alkanes) is 6. The molecular formula is C43H78Br2N12O9. The second kappa shape index (κ2) is 47.9. The van der Waals surface area contributed by atoms with E-state index in [4.69, 9.17) is 17.0 Å². The van der Waals surface area contributed by atoms with Crippen molar-refractivity contribution in [2.75, 3.05) is 56.5 Å². The number of hydrogen-bond acceptors (Lipinski definition) is 10. The molecular weight excluding hydrogens is 988 g/mol. The van der Waals surface area contributed by atoms with Crippen LogP contribution in [0.2, 0.25) is 0 Å². The van der Waals surface area contributed by atoms with Gasteiger partial charge >= 0.3 is 0 Å².